The van der Waals surface area contributed by atoms with Crippen molar-refractivity contribution in [1.29, 1.82) is 0 Å². The Morgan fingerprint density at radius 1 is 0.892 bits per heavy atom. The van der Waals surface area contributed by atoms with Crippen LogP contribution in [-0.4, -0.2) is 49.8 Å². The summed E-state index contributed by atoms with van der Waals surface area (Å²) in [5.41, 5.74) is 1.78. The zero-order valence-electron chi connectivity index (χ0n) is 21.7. The van der Waals surface area contributed by atoms with Crippen LogP contribution in [-0.2, 0) is 9.53 Å². The van der Waals surface area contributed by atoms with E-state index in [1.807, 2.05) is 78.9 Å². The number of hydrogen-bond donors (Lipinski definition) is 0. The summed E-state index contributed by atoms with van der Waals surface area (Å²) < 4.78 is 19.4. The Morgan fingerprint density at radius 3 is 2.24 bits per heavy atom. The quantitative estimate of drug-likeness (QED) is 0.211. The number of rotatable bonds is 8. The van der Waals surface area contributed by atoms with Gasteiger partial charge in [0, 0.05) is 29.4 Å². The maximum atomic E-state index is 13.8. The molecule has 2 bridgehead atoms. The van der Waals surface area contributed by atoms with Gasteiger partial charge in [0.25, 0.3) is 0 Å². The summed E-state index contributed by atoms with van der Waals surface area (Å²) in [5.74, 6) is 2.81. The summed E-state index contributed by atoms with van der Waals surface area (Å²) in [4.78, 5) is 13.8. The van der Waals surface area contributed by atoms with Crippen LogP contribution in [0.2, 0.25) is 0 Å². The summed E-state index contributed by atoms with van der Waals surface area (Å²) in [5, 5.41) is 0. The first kappa shape index (κ1) is 24.1. The lowest BCUT2D eigenvalue weighted by Crippen LogP contribution is -2.53. The molecule has 5 nitrogen and oxygen atoms in total. The molecule has 0 saturated heterocycles. The van der Waals surface area contributed by atoms with Crippen LogP contribution in [0.15, 0.2) is 78.9 Å². The fourth-order valence-corrected chi connectivity index (χ4v) is 7.17. The van der Waals surface area contributed by atoms with Crippen LogP contribution in [0, 0.1) is 11.8 Å². The zero-order chi connectivity index (χ0) is 25.4. The molecule has 4 unspecified atom stereocenters. The number of benzene rings is 3. The first-order valence-corrected chi connectivity index (χ1v) is 13.6. The van der Waals surface area contributed by atoms with E-state index in [0.29, 0.717) is 24.5 Å². The van der Waals surface area contributed by atoms with Gasteiger partial charge < -0.3 is 18.7 Å². The molecule has 3 aliphatic rings. The molecule has 5 heteroatoms. The van der Waals surface area contributed by atoms with Crippen molar-refractivity contribution in [3.05, 3.63) is 90.0 Å². The lowest BCUT2D eigenvalue weighted by molar-refractivity contribution is -0.919. The first-order chi connectivity index (χ1) is 18.0. The number of hydrogen-bond acceptors (Lipinski definition) is 4. The highest BCUT2D eigenvalue weighted by atomic mass is 16.5. The Balaban J connectivity index is 1.13. The third kappa shape index (κ3) is 4.61. The van der Waals surface area contributed by atoms with Crippen molar-refractivity contribution >= 4 is 5.97 Å². The third-order valence-corrected chi connectivity index (χ3v) is 8.69. The number of fused-ring (bicyclic) bond motifs is 4. The molecule has 0 radical (unpaired) electrons. The molecule has 0 amide bonds. The summed E-state index contributed by atoms with van der Waals surface area (Å²) >= 11 is 0. The van der Waals surface area contributed by atoms with E-state index in [0.717, 1.165) is 58.7 Å². The molecule has 2 aliphatic carbocycles. The lowest BCUT2D eigenvalue weighted by atomic mass is 9.88. The van der Waals surface area contributed by atoms with E-state index in [2.05, 4.69) is 14.1 Å². The van der Waals surface area contributed by atoms with E-state index in [-0.39, 0.29) is 12.1 Å². The minimum Gasteiger partial charge on any atom is -0.493 e. The molecule has 192 valence electrons. The van der Waals surface area contributed by atoms with Gasteiger partial charge >= 0.3 is 5.97 Å². The van der Waals surface area contributed by atoms with Gasteiger partial charge in [-0.25, -0.2) is 0 Å². The molecular formula is C32H36NO4+. The summed E-state index contributed by atoms with van der Waals surface area (Å²) in [6.45, 7) is 1.76. The smallest absolute Gasteiger partial charge is 0.318 e. The monoisotopic (exact) mass is 498 g/mol. The Hall–Kier alpha value is -3.31. The molecule has 1 aliphatic heterocycles. The van der Waals surface area contributed by atoms with Crippen molar-refractivity contribution < 1.29 is 23.5 Å². The number of para-hydroxylation sites is 3. The molecule has 37 heavy (non-hydrogen) atoms. The Labute approximate surface area is 219 Å². The molecular weight excluding hydrogens is 462 g/mol. The van der Waals surface area contributed by atoms with Crippen LogP contribution in [0.3, 0.4) is 0 Å². The van der Waals surface area contributed by atoms with Gasteiger partial charge in [0.05, 0.1) is 33.3 Å². The highest BCUT2D eigenvalue weighted by molar-refractivity contribution is 5.85. The average Bonchev–Trinajstić information content (AvgIpc) is 3.49. The van der Waals surface area contributed by atoms with Crippen LogP contribution in [0.4, 0.5) is 0 Å². The van der Waals surface area contributed by atoms with E-state index in [4.69, 9.17) is 14.2 Å². The van der Waals surface area contributed by atoms with Crippen molar-refractivity contribution in [2.24, 2.45) is 11.8 Å². The van der Waals surface area contributed by atoms with E-state index < -0.39 is 5.92 Å². The standard InChI is InChI=1S/C32H36NO4/c1-33(2,19-10-20-35-23-11-4-3-5-12-23)31-22-17-18-26(31)29(21-22)37-32(34)30-24-13-6-8-15-27(24)36-28-16-9-7-14-25(28)30/h3-9,11-16,22,26,29-31H,10,17-21H2,1-2H3/q+1. The number of esters is 1. The SMILES string of the molecule is C[N+](C)(CCCOc1ccccc1)C1C2CCC1C(OC(=O)C1c3ccccc3Oc3ccccc31)C2. The molecule has 6 rings (SSSR count). The molecule has 0 aromatic heterocycles. The number of carbonyl (C=O) groups excluding carboxylic acids is 1. The second-order valence-corrected chi connectivity index (χ2v) is 11.3. The highest BCUT2D eigenvalue weighted by Crippen LogP contribution is 2.51. The minimum atomic E-state index is -0.448. The predicted molar refractivity (Wildman–Crippen MR) is 143 cm³/mol. The van der Waals surface area contributed by atoms with Crippen molar-refractivity contribution in [2.75, 3.05) is 27.2 Å². The molecule has 2 saturated carbocycles. The van der Waals surface area contributed by atoms with Gasteiger partial charge in [-0.15, -0.1) is 0 Å². The van der Waals surface area contributed by atoms with Crippen molar-refractivity contribution in [3.63, 3.8) is 0 Å². The van der Waals surface area contributed by atoms with E-state index in [1.165, 1.54) is 6.42 Å². The fraction of sp³-hybridized carbons (Fsp3) is 0.406. The van der Waals surface area contributed by atoms with Gasteiger partial charge in [-0.05, 0) is 43.5 Å². The van der Waals surface area contributed by atoms with Crippen LogP contribution < -0.4 is 9.47 Å². The first-order valence-electron chi connectivity index (χ1n) is 13.6. The van der Waals surface area contributed by atoms with Gasteiger partial charge in [-0.3, -0.25) is 4.79 Å². The topological polar surface area (TPSA) is 44.8 Å². The number of quaternary nitrogens is 1. The van der Waals surface area contributed by atoms with Crippen LogP contribution in [0.5, 0.6) is 17.2 Å². The molecule has 3 aromatic carbocycles. The molecule has 0 spiro atoms. The van der Waals surface area contributed by atoms with Crippen LogP contribution >= 0.6 is 0 Å². The zero-order valence-corrected chi connectivity index (χ0v) is 21.7. The Morgan fingerprint density at radius 2 is 1.54 bits per heavy atom. The van der Waals surface area contributed by atoms with E-state index in [1.54, 1.807) is 0 Å². The molecule has 3 aromatic rings. The van der Waals surface area contributed by atoms with Crippen LogP contribution in [0.1, 0.15) is 42.7 Å². The second-order valence-electron chi connectivity index (χ2n) is 11.3. The lowest BCUT2D eigenvalue weighted by Gasteiger charge is -2.39. The maximum Gasteiger partial charge on any atom is 0.318 e. The van der Waals surface area contributed by atoms with Gasteiger partial charge in [0.15, 0.2) is 0 Å². The largest absolute Gasteiger partial charge is 0.493 e. The molecule has 0 N–H and O–H groups in total. The highest BCUT2D eigenvalue weighted by Gasteiger charge is 2.57. The fourth-order valence-electron chi connectivity index (χ4n) is 7.17. The maximum absolute atomic E-state index is 13.8. The number of nitrogens with zero attached hydrogens (tertiary/aromatic N) is 1. The van der Waals surface area contributed by atoms with Crippen molar-refractivity contribution in [3.8, 4) is 17.2 Å². The predicted octanol–water partition coefficient (Wildman–Crippen LogP) is 6.18. The number of carbonyl (C=O) groups is 1. The van der Waals surface area contributed by atoms with Crippen LogP contribution in [0.25, 0.3) is 0 Å². The molecule has 2 fully saturated rings. The average molecular weight is 499 g/mol. The van der Waals surface area contributed by atoms with Gasteiger partial charge in [0.1, 0.15) is 29.3 Å². The van der Waals surface area contributed by atoms with Gasteiger partial charge in [-0.1, -0.05) is 54.6 Å². The Bertz CT molecular complexity index is 1210. The summed E-state index contributed by atoms with van der Waals surface area (Å²) in [7, 11) is 4.68. The van der Waals surface area contributed by atoms with Gasteiger partial charge in [-0.2, -0.15) is 0 Å². The summed E-state index contributed by atoms with van der Waals surface area (Å²) in [6, 6.07) is 26.2. The number of ether oxygens (including phenoxy) is 3. The third-order valence-electron chi connectivity index (χ3n) is 8.69. The minimum absolute atomic E-state index is 0.0172. The van der Waals surface area contributed by atoms with Crippen molar-refractivity contribution in [2.45, 2.75) is 43.7 Å². The molecule has 4 atom stereocenters. The Kier molecular flexibility index (Phi) is 6.41. The van der Waals surface area contributed by atoms with E-state index in [9.17, 15) is 4.79 Å². The normalized spacial score (nSPS) is 24.2. The van der Waals surface area contributed by atoms with Crippen molar-refractivity contribution in [1.82, 2.24) is 0 Å². The van der Waals surface area contributed by atoms with Gasteiger partial charge in [0.2, 0.25) is 0 Å². The second kappa shape index (κ2) is 9.86. The van der Waals surface area contributed by atoms with E-state index >= 15 is 0 Å². The molecule has 1 heterocycles. The summed E-state index contributed by atoms with van der Waals surface area (Å²) in [6.07, 6.45) is 4.31.